The molecule has 106 valence electrons. The Morgan fingerprint density at radius 2 is 2.00 bits per heavy atom. The van der Waals surface area contributed by atoms with Crippen LogP contribution in [0.25, 0.3) is 0 Å². The standard InChI is InChI=1S/C15H18N2O2S/c1-11-8-12(2)10-13(9-11)19-6-4-14(18)16-15-17(3)5-7-20-15/h5,7-10H,4,6H2,1-3H3. The first-order chi connectivity index (χ1) is 9.54. The van der Waals surface area contributed by atoms with Crippen molar-refractivity contribution in [3.05, 3.63) is 45.7 Å². The van der Waals surface area contributed by atoms with Crippen LogP contribution in [0.3, 0.4) is 0 Å². The van der Waals surface area contributed by atoms with Crippen molar-refractivity contribution in [2.75, 3.05) is 6.61 Å². The minimum Gasteiger partial charge on any atom is -0.493 e. The van der Waals surface area contributed by atoms with Gasteiger partial charge in [-0.3, -0.25) is 4.79 Å². The van der Waals surface area contributed by atoms with E-state index in [-0.39, 0.29) is 12.3 Å². The van der Waals surface area contributed by atoms with E-state index in [9.17, 15) is 4.79 Å². The predicted octanol–water partition coefficient (Wildman–Crippen LogP) is 2.60. The van der Waals surface area contributed by atoms with Gasteiger partial charge in [-0.15, -0.1) is 11.3 Å². The number of carbonyl (C=O) groups excluding carboxylic acids is 1. The summed E-state index contributed by atoms with van der Waals surface area (Å²) in [6.45, 7) is 4.40. The van der Waals surface area contributed by atoms with Crippen molar-refractivity contribution in [1.82, 2.24) is 4.57 Å². The number of aromatic nitrogens is 1. The lowest BCUT2D eigenvalue weighted by Gasteiger charge is -2.06. The molecular weight excluding hydrogens is 272 g/mol. The van der Waals surface area contributed by atoms with Gasteiger partial charge in [0.1, 0.15) is 5.75 Å². The molecule has 20 heavy (non-hydrogen) atoms. The van der Waals surface area contributed by atoms with Crippen LogP contribution in [0.5, 0.6) is 5.75 Å². The molecule has 0 saturated carbocycles. The van der Waals surface area contributed by atoms with Crippen molar-refractivity contribution >= 4 is 17.2 Å². The largest absolute Gasteiger partial charge is 0.493 e. The van der Waals surface area contributed by atoms with Gasteiger partial charge in [0.05, 0.1) is 13.0 Å². The number of hydrogen-bond donors (Lipinski definition) is 0. The highest BCUT2D eigenvalue weighted by Gasteiger charge is 2.02. The van der Waals surface area contributed by atoms with E-state index >= 15 is 0 Å². The molecule has 1 aromatic carbocycles. The third-order valence-electron chi connectivity index (χ3n) is 2.76. The van der Waals surface area contributed by atoms with E-state index in [0.29, 0.717) is 11.4 Å². The van der Waals surface area contributed by atoms with Crippen LogP contribution in [0.2, 0.25) is 0 Å². The Balaban J connectivity index is 1.90. The summed E-state index contributed by atoms with van der Waals surface area (Å²) in [6.07, 6.45) is 2.16. The molecule has 0 atom stereocenters. The second-order valence-corrected chi connectivity index (χ2v) is 5.60. The predicted molar refractivity (Wildman–Crippen MR) is 79.9 cm³/mol. The fourth-order valence-electron chi connectivity index (χ4n) is 1.87. The molecule has 0 saturated heterocycles. The van der Waals surface area contributed by atoms with Crippen LogP contribution in [0, 0.1) is 13.8 Å². The second kappa shape index (κ2) is 6.52. The van der Waals surface area contributed by atoms with Gasteiger partial charge in [-0.25, -0.2) is 0 Å². The van der Waals surface area contributed by atoms with Crippen molar-refractivity contribution in [2.24, 2.45) is 12.0 Å². The maximum atomic E-state index is 11.7. The summed E-state index contributed by atoms with van der Waals surface area (Å²) in [5.41, 5.74) is 2.31. The summed E-state index contributed by atoms with van der Waals surface area (Å²) < 4.78 is 7.43. The number of carbonyl (C=O) groups is 1. The molecule has 0 fully saturated rings. The number of ether oxygens (including phenoxy) is 1. The lowest BCUT2D eigenvalue weighted by molar-refractivity contribution is -0.118. The first-order valence-corrected chi connectivity index (χ1v) is 7.31. The van der Waals surface area contributed by atoms with Gasteiger partial charge >= 0.3 is 0 Å². The first kappa shape index (κ1) is 14.5. The van der Waals surface area contributed by atoms with Crippen LogP contribution in [-0.4, -0.2) is 17.1 Å². The van der Waals surface area contributed by atoms with Gasteiger partial charge in [0.2, 0.25) is 0 Å². The molecule has 5 heteroatoms. The van der Waals surface area contributed by atoms with E-state index in [4.69, 9.17) is 4.74 Å². The highest BCUT2D eigenvalue weighted by Crippen LogP contribution is 2.16. The number of benzene rings is 1. The molecule has 0 aliphatic rings. The first-order valence-electron chi connectivity index (χ1n) is 6.43. The molecule has 0 N–H and O–H groups in total. The van der Waals surface area contributed by atoms with Crippen molar-refractivity contribution in [1.29, 1.82) is 0 Å². The SMILES string of the molecule is Cc1cc(C)cc(OCCC(=O)N=c2sccn2C)c1. The molecule has 0 aliphatic heterocycles. The maximum absolute atomic E-state index is 11.7. The number of thiazole rings is 1. The van der Waals surface area contributed by atoms with E-state index in [1.54, 1.807) is 0 Å². The normalized spacial score (nSPS) is 11.7. The van der Waals surface area contributed by atoms with Gasteiger partial charge < -0.3 is 9.30 Å². The maximum Gasteiger partial charge on any atom is 0.251 e. The number of aryl methyl sites for hydroxylation is 3. The Hall–Kier alpha value is -1.88. The lowest BCUT2D eigenvalue weighted by atomic mass is 10.1. The molecule has 0 spiro atoms. The summed E-state index contributed by atoms with van der Waals surface area (Å²) in [6, 6.07) is 6.02. The van der Waals surface area contributed by atoms with Crippen LogP contribution in [0.4, 0.5) is 0 Å². The van der Waals surface area contributed by atoms with E-state index in [0.717, 1.165) is 16.9 Å². The molecule has 0 aliphatic carbocycles. The molecule has 1 heterocycles. The van der Waals surface area contributed by atoms with Crippen molar-refractivity contribution < 1.29 is 9.53 Å². The van der Waals surface area contributed by atoms with Gasteiger partial charge in [0, 0.05) is 18.6 Å². The number of hydrogen-bond acceptors (Lipinski definition) is 3. The van der Waals surface area contributed by atoms with E-state index in [2.05, 4.69) is 11.1 Å². The lowest BCUT2D eigenvalue weighted by Crippen LogP contribution is -2.14. The van der Waals surface area contributed by atoms with Crippen LogP contribution in [-0.2, 0) is 11.8 Å². The highest BCUT2D eigenvalue weighted by atomic mass is 32.1. The summed E-state index contributed by atoms with van der Waals surface area (Å²) in [4.78, 5) is 16.5. The summed E-state index contributed by atoms with van der Waals surface area (Å²) in [5.74, 6) is 0.643. The quantitative estimate of drug-likeness (QED) is 0.868. The van der Waals surface area contributed by atoms with Crippen LogP contribution < -0.4 is 9.54 Å². The van der Waals surface area contributed by atoms with Gasteiger partial charge in [-0.1, -0.05) is 6.07 Å². The average molecular weight is 290 g/mol. The zero-order chi connectivity index (χ0) is 14.5. The molecule has 0 bridgehead atoms. The number of rotatable bonds is 4. The van der Waals surface area contributed by atoms with Gasteiger partial charge in [0.15, 0.2) is 4.80 Å². The zero-order valence-electron chi connectivity index (χ0n) is 11.9. The van der Waals surface area contributed by atoms with Gasteiger partial charge in [-0.2, -0.15) is 4.99 Å². The monoisotopic (exact) mass is 290 g/mol. The molecule has 0 unspecified atom stereocenters. The van der Waals surface area contributed by atoms with Gasteiger partial charge in [0.25, 0.3) is 5.91 Å². The molecule has 2 aromatic rings. The Morgan fingerprint density at radius 1 is 1.30 bits per heavy atom. The molecule has 1 aromatic heterocycles. The molecule has 4 nitrogen and oxygen atoms in total. The van der Waals surface area contributed by atoms with Crippen LogP contribution in [0.1, 0.15) is 17.5 Å². The third kappa shape index (κ3) is 4.06. The van der Waals surface area contributed by atoms with Crippen molar-refractivity contribution in [2.45, 2.75) is 20.3 Å². The van der Waals surface area contributed by atoms with Crippen molar-refractivity contribution in [3.8, 4) is 5.75 Å². The Kier molecular flexibility index (Phi) is 4.74. The van der Waals surface area contributed by atoms with Gasteiger partial charge in [-0.05, 0) is 37.1 Å². The third-order valence-corrected chi connectivity index (χ3v) is 3.61. The molecule has 1 amide bonds. The smallest absolute Gasteiger partial charge is 0.251 e. The van der Waals surface area contributed by atoms with E-state index in [1.165, 1.54) is 11.3 Å². The van der Waals surface area contributed by atoms with E-state index < -0.39 is 0 Å². The molecule has 2 rings (SSSR count). The molecule has 0 radical (unpaired) electrons. The van der Waals surface area contributed by atoms with Crippen LogP contribution >= 0.6 is 11.3 Å². The minimum absolute atomic E-state index is 0.160. The van der Waals surface area contributed by atoms with E-state index in [1.807, 2.05) is 49.2 Å². The summed E-state index contributed by atoms with van der Waals surface area (Å²) >= 11 is 1.45. The Bertz CT molecular complexity index is 650. The molecular formula is C15H18N2O2S. The number of nitrogens with zero attached hydrogens (tertiary/aromatic N) is 2. The summed E-state index contributed by atoms with van der Waals surface area (Å²) in [5, 5.41) is 1.90. The number of amides is 1. The zero-order valence-corrected chi connectivity index (χ0v) is 12.7. The van der Waals surface area contributed by atoms with Crippen molar-refractivity contribution in [3.63, 3.8) is 0 Å². The van der Waals surface area contributed by atoms with Crippen LogP contribution in [0.15, 0.2) is 34.8 Å². The second-order valence-electron chi connectivity index (χ2n) is 4.72. The Morgan fingerprint density at radius 3 is 2.60 bits per heavy atom. The minimum atomic E-state index is -0.160. The fraction of sp³-hybridized carbons (Fsp3) is 0.333. The average Bonchev–Trinajstić information content (AvgIpc) is 2.73. The summed E-state index contributed by atoms with van der Waals surface area (Å²) in [7, 11) is 1.87. The fourth-order valence-corrected chi connectivity index (χ4v) is 2.62. The topological polar surface area (TPSA) is 43.6 Å². The highest BCUT2D eigenvalue weighted by molar-refractivity contribution is 7.07. The Labute approximate surface area is 122 Å².